The fraction of sp³-hybridized carbons (Fsp3) is 0.200. The molecule has 0 fully saturated rings. The number of halogens is 1. The van der Waals surface area contributed by atoms with Crippen molar-refractivity contribution in [2.45, 2.75) is 32.2 Å². The molecule has 0 saturated carbocycles. The number of carbonyl (C=O) groups excluding carboxylic acids is 2. The third-order valence-electron chi connectivity index (χ3n) is 7.37. The third-order valence-corrected chi connectivity index (χ3v) is 7.61. The number of hydrogen-bond acceptors (Lipinski definition) is 3. The fourth-order valence-electron chi connectivity index (χ4n) is 5.87. The van der Waals surface area contributed by atoms with Gasteiger partial charge in [0.25, 0.3) is 11.8 Å². The van der Waals surface area contributed by atoms with E-state index in [4.69, 9.17) is 16.3 Å². The maximum atomic E-state index is 14.4. The highest BCUT2D eigenvalue weighted by Gasteiger charge is 2.63. The number of amides is 2. The Labute approximate surface area is 220 Å². The topological polar surface area (TPSA) is 63.6 Å². The number of nitrogens with one attached hydrogen (secondary N) is 1. The van der Waals surface area contributed by atoms with E-state index in [9.17, 15) is 9.59 Å². The van der Waals surface area contributed by atoms with Gasteiger partial charge in [-0.05, 0) is 48.7 Å². The predicted octanol–water partition coefficient (Wildman–Crippen LogP) is 6.43. The Morgan fingerprint density at radius 3 is 2.46 bits per heavy atom. The Balaban J connectivity index is 1.75. The van der Waals surface area contributed by atoms with Crippen molar-refractivity contribution >= 4 is 34.8 Å². The van der Waals surface area contributed by atoms with Crippen LogP contribution >= 0.6 is 11.6 Å². The average molecular weight is 512 g/mol. The molecule has 0 saturated heterocycles. The SMILES string of the molecule is COc1ccccc1-n1cc2c(c1C(C)C)C1(C(=O)Nc3ccccc31)N(c1cc(Cl)ccc1C)C2=O. The Morgan fingerprint density at radius 1 is 0.973 bits per heavy atom. The molecule has 4 aromatic rings. The number of benzene rings is 3. The molecule has 1 N–H and O–H groups in total. The van der Waals surface area contributed by atoms with Gasteiger partial charge in [-0.1, -0.05) is 61.8 Å². The molecule has 37 heavy (non-hydrogen) atoms. The van der Waals surface area contributed by atoms with E-state index < -0.39 is 5.54 Å². The molecule has 186 valence electrons. The summed E-state index contributed by atoms with van der Waals surface area (Å²) in [4.78, 5) is 30.3. The highest BCUT2D eigenvalue weighted by Crippen LogP contribution is 2.56. The molecule has 0 aliphatic carbocycles. The molecule has 7 heteroatoms. The van der Waals surface area contributed by atoms with E-state index in [-0.39, 0.29) is 17.7 Å². The summed E-state index contributed by atoms with van der Waals surface area (Å²) in [5, 5.41) is 3.56. The molecule has 3 heterocycles. The van der Waals surface area contributed by atoms with Crippen molar-refractivity contribution < 1.29 is 14.3 Å². The van der Waals surface area contributed by atoms with Crippen LogP contribution in [-0.2, 0) is 10.3 Å². The van der Waals surface area contributed by atoms with E-state index >= 15 is 0 Å². The molecule has 6 nitrogen and oxygen atoms in total. The van der Waals surface area contributed by atoms with Crippen molar-refractivity contribution in [3.8, 4) is 11.4 Å². The summed E-state index contributed by atoms with van der Waals surface area (Å²) in [5.41, 5.74) is 4.38. The van der Waals surface area contributed by atoms with E-state index in [1.165, 1.54) is 0 Å². The summed E-state index contributed by atoms with van der Waals surface area (Å²) in [5.74, 6) is 0.153. The maximum Gasteiger partial charge on any atom is 0.261 e. The lowest BCUT2D eigenvalue weighted by Crippen LogP contribution is -2.51. The third kappa shape index (κ3) is 3.05. The highest BCUT2D eigenvalue weighted by atomic mass is 35.5. The smallest absolute Gasteiger partial charge is 0.261 e. The van der Waals surface area contributed by atoms with Gasteiger partial charge in [0, 0.05) is 33.7 Å². The van der Waals surface area contributed by atoms with Crippen LogP contribution in [-0.4, -0.2) is 23.5 Å². The van der Waals surface area contributed by atoms with Crippen molar-refractivity contribution in [1.29, 1.82) is 0 Å². The Bertz CT molecular complexity index is 1610. The number of fused-ring (bicyclic) bond motifs is 4. The van der Waals surface area contributed by atoms with Crippen LogP contribution < -0.4 is 15.0 Å². The lowest BCUT2D eigenvalue weighted by atomic mass is 9.81. The Morgan fingerprint density at radius 2 is 1.70 bits per heavy atom. The normalized spacial score (nSPS) is 17.9. The molecule has 6 rings (SSSR count). The summed E-state index contributed by atoms with van der Waals surface area (Å²) in [6.07, 6.45) is 1.85. The molecule has 0 bridgehead atoms. The standard InChI is InChI=1S/C30H26ClN3O3/c1-17(2)27-26-20(16-33(27)23-11-7-8-12-25(23)37-4)28(35)34(24-15-19(31)14-13-18(24)3)30(26)21-9-5-6-10-22(21)32-29(30)36/h5-17H,1-4H3,(H,32,36). The minimum atomic E-state index is -1.38. The number of hydrogen-bond donors (Lipinski definition) is 1. The summed E-state index contributed by atoms with van der Waals surface area (Å²) in [7, 11) is 1.63. The first-order valence-electron chi connectivity index (χ1n) is 12.2. The van der Waals surface area contributed by atoms with Crippen LogP contribution in [0, 0.1) is 6.92 Å². The zero-order valence-corrected chi connectivity index (χ0v) is 21.8. The summed E-state index contributed by atoms with van der Waals surface area (Å²) < 4.78 is 7.67. The second-order valence-corrected chi connectivity index (χ2v) is 10.2. The lowest BCUT2D eigenvalue weighted by molar-refractivity contribution is -0.119. The number of para-hydroxylation sites is 3. The zero-order valence-electron chi connectivity index (χ0n) is 21.0. The number of ether oxygens (including phenoxy) is 1. The largest absolute Gasteiger partial charge is 0.495 e. The van der Waals surface area contributed by atoms with Crippen LogP contribution in [0.1, 0.15) is 52.5 Å². The Hall–Kier alpha value is -4.03. The number of methoxy groups -OCH3 is 1. The molecular weight excluding hydrogens is 486 g/mol. The van der Waals surface area contributed by atoms with Crippen LogP contribution in [0.3, 0.4) is 0 Å². The Kier molecular flexibility index (Phi) is 5.21. The van der Waals surface area contributed by atoms with Gasteiger partial charge in [-0.25, -0.2) is 0 Å². The van der Waals surface area contributed by atoms with E-state index in [0.29, 0.717) is 33.3 Å². The lowest BCUT2D eigenvalue weighted by Gasteiger charge is -2.36. The van der Waals surface area contributed by atoms with Gasteiger partial charge in [-0.3, -0.25) is 14.5 Å². The second-order valence-electron chi connectivity index (χ2n) is 9.78. The molecular formula is C30H26ClN3O3. The first-order chi connectivity index (χ1) is 17.8. The molecule has 2 aliphatic rings. The van der Waals surface area contributed by atoms with Crippen molar-refractivity contribution in [3.05, 3.63) is 106 Å². The quantitative estimate of drug-likeness (QED) is 0.343. The fourth-order valence-corrected chi connectivity index (χ4v) is 6.04. The van der Waals surface area contributed by atoms with Crippen molar-refractivity contribution in [1.82, 2.24) is 4.57 Å². The summed E-state index contributed by atoms with van der Waals surface area (Å²) in [6, 6.07) is 20.7. The van der Waals surface area contributed by atoms with Crippen molar-refractivity contribution in [3.63, 3.8) is 0 Å². The number of carbonyl (C=O) groups is 2. The van der Waals surface area contributed by atoms with Crippen LogP contribution in [0.5, 0.6) is 5.75 Å². The highest BCUT2D eigenvalue weighted by molar-refractivity contribution is 6.31. The van der Waals surface area contributed by atoms with Crippen molar-refractivity contribution in [2.75, 3.05) is 17.3 Å². The van der Waals surface area contributed by atoms with Crippen molar-refractivity contribution in [2.24, 2.45) is 0 Å². The molecule has 1 aromatic heterocycles. The molecule has 1 spiro atoms. The van der Waals surface area contributed by atoms with Crippen LogP contribution in [0.2, 0.25) is 5.02 Å². The maximum absolute atomic E-state index is 14.4. The minimum Gasteiger partial charge on any atom is -0.495 e. The van der Waals surface area contributed by atoms with E-state index in [2.05, 4.69) is 19.2 Å². The van der Waals surface area contributed by atoms with Crippen LogP contribution in [0.4, 0.5) is 11.4 Å². The predicted molar refractivity (Wildman–Crippen MR) is 145 cm³/mol. The van der Waals surface area contributed by atoms with E-state index in [1.807, 2.05) is 72.3 Å². The van der Waals surface area contributed by atoms with Crippen LogP contribution in [0.15, 0.2) is 72.9 Å². The van der Waals surface area contributed by atoms with E-state index in [0.717, 1.165) is 22.5 Å². The van der Waals surface area contributed by atoms with Gasteiger partial charge in [0.1, 0.15) is 5.75 Å². The van der Waals surface area contributed by atoms with E-state index in [1.54, 1.807) is 24.1 Å². The van der Waals surface area contributed by atoms with Crippen LogP contribution in [0.25, 0.3) is 5.69 Å². The van der Waals surface area contributed by atoms with Gasteiger partial charge in [-0.2, -0.15) is 0 Å². The van der Waals surface area contributed by atoms with Gasteiger partial charge in [0.15, 0.2) is 5.54 Å². The first kappa shape index (κ1) is 23.4. The number of rotatable bonds is 4. The summed E-state index contributed by atoms with van der Waals surface area (Å²) >= 11 is 6.42. The number of aromatic nitrogens is 1. The molecule has 2 amide bonds. The molecule has 1 unspecified atom stereocenters. The molecule has 2 aliphatic heterocycles. The van der Waals surface area contributed by atoms with Gasteiger partial charge in [0.2, 0.25) is 0 Å². The zero-order chi connectivity index (χ0) is 26.1. The second kappa shape index (κ2) is 8.25. The van der Waals surface area contributed by atoms with Gasteiger partial charge >= 0.3 is 0 Å². The number of nitrogens with zero attached hydrogens (tertiary/aromatic N) is 2. The van der Waals surface area contributed by atoms with Gasteiger partial charge < -0.3 is 14.6 Å². The van der Waals surface area contributed by atoms with Gasteiger partial charge in [-0.15, -0.1) is 0 Å². The summed E-state index contributed by atoms with van der Waals surface area (Å²) in [6.45, 7) is 6.07. The average Bonchev–Trinajstić information content (AvgIpc) is 3.50. The monoisotopic (exact) mass is 511 g/mol. The minimum absolute atomic E-state index is 0.0145. The molecule has 1 atom stereocenters. The first-order valence-corrected chi connectivity index (χ1v) is 12.6. The number of anilines is 2. The van der Waals surface area contributed by atoms with Gasteiger partial charge in [0.05, 0.1) is 24.0 Å². The molecule has 3 aromatic carbocycles. The number of aryl methyl sites for hydroxylation is 1. The molecule has 0 radical (unpaired) electrons.